The number of rotatable bonds is 6. The number of carbonyl (C=O) groups is 1. The number of benzene rings is 2. The third kappa shape index (κ3) is 4.39. The Morgan fingerprint density at radius 3 is 2.47 bits per heavy atom. The maximum Gasteiger partial charge on any atom is 0.234 e. The lowest BCUT2D eigenvalue weighted by Crippen LogP contribution is -2.50. The molecule has 0 aliphatic heterocycles. The molecule has 1 heterocycles. The molecule has 0 bridgehead atoms. The highest BCUT2D eigenvalue weighted by Gasteiger charge is 2.38. The van der Waals surface area contributed by atoms with Crippen LogP contribution in [0.25, 0.3) is 17.1 Å². The first-order chi connectivity index (χ1) is 15.5. The van der Waals surface area contributed by atoms with Crippen molar-refractivity contribution in [3.63, 3.8) is 0 Å². The van der Waals surface area contributed by atoms with Gasteiger partial charge >= 0.3 is 0 Å². The van der Waals surface area contributed by atoms with Crippen LogP contribution >= 0.6 is 11.8 Å². The highest BCUT2D eigenvalue weighted by molar-refractivity contribution is 7.99. The van der Waals surface area contributed by atoms with Crippen molar-refractivity contribution in [2.45, 2.75) is 42.8 Å². The maximum atomic E-state index is 13.5. The first kappa shape index (κ1) is 22.0. The largest absolute Gasteiger partial charge is 0.326 e. The minimum atomic E-state index is -0.726. The Kier molecular flexibility index (Phi) is 6.56. The van der Waals surface area contributed by atoms with Gasteiger partial charge in [0.2, 0.25) is 5.91 Å². The lowest BCUT2D eigenvalue weighted by atomic mass is 9.81. The van der Waals surface area contributed by atoms with Crippen molar-refractivity contribution in [3.8, 4) is 23.1 Å². The molecule has 0 spiro atoms. The molecule has 1 amide bonds. The van der Waals surface area contributed by atoms with Crippen LogP contribution in [0.2, 0.25) is 0 Å². The van der Waals surface area contributed by atoms with Crippen LogP contribution in [0.5, 0.6) is 0 Å². The van der Waals surface area contributed by atoms with Gasteiger partial charge in [0.15, 0.2) is 11.0 Å². The van der Waals surface area contributed by atoms with E-state index in [2.05, 4.69) is 16.3 Å². The molecular formula is C24H24FN5OS. The number of thioether (sulfide) groups is 1. The summed E-state index contributed by atoms with van der Waals surface area (Å²) < 4.78 is 15.3. The summed E-state index contributed by atoms with van der Waals surface area (Å²) in [5.74, 6) is 0.298. The summed E-state index contributed by atoms with van der Waals surface area (Å²) in [7, 11) is 1.72. The molecule has 0 unspecified atom stereocenters. The average molecular weight is 450 g/mol. The zero-order valence-electron chi connectivity index (χ0n) is 17.9. The number of hydrogen-bond donors (Lipinski definition) is 0. The van der Waals surface area contributed by atoms with E-state index in [-0.39, 0.29) is 17.5 Å². The zero-order chi connectivity index (χ0) is 22.6. The van der Waals surface area contributed by atoms with Crippen LogP contribution in [0.3, 0.4) is 0 Å². The highest BCUT2D eigenvalue weighted by Crippen LogP contribution is 2.34. The molecule has 0 atom stereocenters. The third-order valence-corrected chi connectivity index (χ3v) is 6.89. The van der Waals surface area contributed by atoms with E-state index in [0.717, 1.165) is 24.8 Å². The van der Waals surface area contributed by atoms with Gasteiger partial charge in [-0.1, -0.05) is 61.4 Å². The lowest BCUT2D eigenvalue weighted by molar-refractivity contribution is -0.131. The minimum absolute atomic E-state index is 0.117. The number of carbonyl (C=O) groups excluding carboxylic acids is 1. The fraction of sp³-hybridized carbons (Fsp3) is 0.333. The molecular weight excluding hydrogens is 425 g/mol. The van der Waals surface area contributed by atoms with Crippen LogP contribution in [0.15, 0.2) is 59.8 Å². The summed E-state index contributed by atoms with van der Waals surface area (Å²) in [5, 5.41) is 19.0. The molecule has 2 aromatic carbocycles. The van der Waals surface area contributed by atoms with Gasteiger partial charge in [0.1, 0.15) is 11.4 Å². The third-order valence-electron chi connectivity index (χ3n) is 5.98. The monoisotopic (exact) mass is 449 g/mol. The van der Waals surface area contributed by atoms with E-state index in [1.807, 2.05) is 34.9 Å². The SMILES string of the molecule is CN(C(=O)CSc1nnc(-c2ccccc2)n1-c1ccc(F)cc1)C1(C#N)CCCCC1. The Balaban J connectivity index is 1.60. The fourth-order valence-corrected chi connectivity index (χ4v) is 4.95. The Hall–Kier alpha value is -3.18. The van der Waals surface area contributed by atoms with Crippen molar-refractivity contribution >= 4 is 17.7 Å². The van der Waals surface area contributed by atoms with Gasteiger partial charge in [-0.2, -0.15) is 5.26 Å². The van der Waals surface area contributed by atoms with Gasteiger partial charge in [-0.15, -0.1) is 10.2 Å². The van der Waals surface area contributed by atoms with Crippen LogP contribution in [-0.4, -0.2) is 43.9 Å². The van der Waals surface area contributed by atoms with E-state index in [4.69, 9.17) is 0 Å². The Bertz CT molecular complexity index is 1120. The van der Waals surface area contributed by atoms with Gasteiger partial charge in [0, 0.05) is 18.3 Å². The summed E-state index contributed by atoms with van der Waals surface area (Å²) in [6.45, 7) is 0. The fourth-order valence-electron chi connectivity index (χ4n) is 4.08. The van der Waals surface area contributed by atoms with Crippen LogP contribution in [0, 0.1) is 17.1 Å². The lowest BCUT2D eigenvalue weighted by Gasteiger charge is -2.39. The van der Waals surface area contributed by atoms with Gasteiger partial charge in [-0.3, -0.25) is 9.36 Å². The molecule has 1 saturated carbocycles. The van der Waals surface area contributed by atoms with E-state index < -0.39 is 5.54 Å². The Morgan fingerprint density at radius 1 is 1.12 bits per heavy atom. The highest BCUT2D eigenvalue weighted by atomic mass is 32.2. The van der Waals surface area contributed by atoms with Crippen molar-refractivity contribution in [1.29, 1.82) is 5.26 Å². The van der Waals surface area contributed by atoms with Gasteiger partial charge in [-0.05, 0) is 37.1 Å². The molecule has 3 aromatic rings. The van der Waals surface area contributed by atoms with E-state index in [1.165, 1.54) is 23.9 Å². The normalized spacial score (nSPS) is 15.2. The average Bonchev–Trinajstić information content (AvgIpc) is 3.27. The molecule has 1 aromatic heterocycles. The Labute approximate surface area is 191 Å². The van der Waals surface area contributed by atoms with Crippen molar-refractivity contribution in [2.75, 3.05) is 12.8 Å². The van der Waals surface area contributed by atoms with Gasteiger partial charge < -0.3 is 4.90 Å². The second-order valence-corrected chi connectivity index (χ2v) is 8.87. The quantitative estimate of drug-likeness (QED) is 0.503. The number of amides is 1. The summed E-state index contributed by atoms with van der Waals surface area (Å²) >= 11 is 1.27. The second kappa shape index (κ2) is 9.53. The first-order valence-electron chi connectivity index (χ1n) is 10.6. The van der Waals surface area contributed by atoms with Crippen LogP contribution in [-0.2, 0) is 4.79 Å². The van der Waals surface area contributed by atoms with Crippen molar-refractivity contribution in [2.24, 2.45) is 0 Å². The van der Waals surface area contributed by atoms with Crippen molar-refractivity contribution in [1.82, 2.24) is 19.7 Å². The van der Waals surface area contributed by atoms with Crippen LogP contribution < -0.4 is 0 Å². The predicted octanol–water partition coefficient (Wildman–Crippen LogP) is 4.85. The number of halogens is 1. The number of aromatic nitrogens is 3. The van der Waals surface area contributed by atoms with Gasteiger partial charge in [0.05, 0.1) is 11.8 Å². The molecule has 0 radical (unpaired) electrons. The molecule has 0 N–H and O–H groups in total. The van der Waals surface area contributed by atoms with E-state index in [9.17, 15) is 14.4 Å². The molecule has 4 rings (SSSR count). The standard InChI is InChI=1S/C24H24FN5OS/c1-29(24(17-26)14-6-3-7-15-24)21(31)16-32-23-28-27-22(18-8-4-2-5-9-18)30(23)20-12-10-19(25)11-13-20/h2,4-5,8-13H,3,6-7,14-16H2,1H3. The molecule has 32 heavy (non-hydrogen) atoms. The number of nitriles is 1. The molecule has 1 fully saturated rings. The van der Waals surface area contributed by atoms with Crippen molar-refractivity contribution < 1.29 is 9.18 Å². The van der Waals surface area contributed by atoms with E-state index >= 15 is 0 Å². The topological polar surface area (TPSA) is 74.8 Å². The number of nitrogens with zero attached hydrogens (tertiary/aromatic N) is 5. The van der Waals surface area contributed by atoms with Crippen LogP contribution in [0.4, 0.5) is 4.39 Å². The molecule has 164 valence electrons. The summed E-state index contributed by atoms with van der Waals surface area (Å²) in [5.41, 5.74) is 0.847. The van der Waals surface area contributed by atoms with Crippen LogP contribution in [0.1, 0.15) is 32.1 Å². The van der Waals surface area contributed by atoms with Gasteiger partial charge in [0.25, 0.3) is 0 Å². The minimum Gasteiger partial charge on any atom is -0.326 e. The van der Waals surface area contributed by atoms with Gasteiger partial charge in [-0.25, -0.2) is 4.39 Å². The van der Waals surface area contributed by atoms with Crippen molar-refractivity contribution in [3.05, 3.63) is 60.4 Å². The summed E-state index contributed by atoms with van der Waals surface area (Å²) in [4.78, 5) is 14.6. The smallest absolute Gasteiger partial charge is 0.234 e. The molecule has 1 aliphatic carbocycles. The molecule has 6 nitrogen and oxygen atoms in total. The summed E-state index contributed by atoms with van der Waals surface area (Å²) in [6.07, 6.45) is 4.43. The second-order valence-electron chi connectivity index (χ2n) is 7.93. The zero-order valence-corrected chi connectivity index (χ0v) is 18.7. The first-order valence-corrected chi connectivity index (χ1v) is 11.6. The summed E-state index contributed by atoms with van der Waals surface area (Å²) in [6, 6.07) is 18.1. The predicted molar refractivity (Wildman–Crippen MR) is 122 cm³/mol. The Morgan fingerprint density at radius 2 is 1.81 bits per heavy atom. The molecule has 8 heteroatoms. The number of hydrogen-bond acceptors (Lipinski definition) is 5. The molecule has 1 aliphatic rings. The maximum absolute atomic E-state index is 13.5. The molecule has 0 saturated heterocycles. The van der Waals surface area contributed by atoms with E-state index in [0.29, 0.717) is 29.5 Å². The van der Waals surface area contributed by atoms with E-state index in [1.54, 1.807) is 24.1 Å².